The summed E-state index contributed by atoms with van der Waals surface area (Å²) in [6.45, 7) is 9.81. The lowest BCUT2D eigenvalue weighted by molar-refractivity contribution is -0.139. The summed E-state index contributed by atoms with van der Waals surface area (Å²) in [5.41, 5.74) is 0. The molecule has 4 nitrogen and oxygen atoms in total. The van der Waals surface area contributed by atoms with Crippen LogP contribution in [0.15, 0.2) is 0 Å². The number of hydrogen-bond donors (Lipinski definition) is 1. The predicted molar refractivity (Wildman–Crippen MR) is 66.9 cm³/mol. The number of nitrogens with one attached hydrogen (secondary N) is 1. The van der Waals surface area contributed by atoms with Gasteiger partial charge in [0.2, 0.25) is 5.91 Å². The van der Waals surface area contributed by atoms with Crippen LogP contribution in [0.4, 0.5) is 0 Å². The summed E-state index contributed by atoms with van der Waals surface area (Å²) in [6, 6.07) is 0. The Morgan fingerprint density at radius 3 is 2.50 bits per heavy atom. The SMILES string of the molecule is CCN(CC(C)C)C(=O)COC1CNC1.Cl. The van der Waals surface area contributed by atoms with Crippen LogP contribution in [0.1, 0.15) is 20.8 Å². The molecule has 16 heavy (non-hydrogen) atoms. The summed E-state index contributed by atoms with van der Waals surface area (Å²) in [6.07, 6.45) is 0.242. The fourth-order valence-corrected chi connectivity index (χ4v) is 1.51. The van der Waals surface area contributed by atoms with Gasteiger partial charge in [-0.25, -0.2) is 0 Å². The van der Waals surface area contributed by atoms with E-state index in [4.69, 9.17) is 4.74 Å². The highest BCUT2D eigenvalue weighted by Crippen LogP contribution is 2.02. The molecule has 0 atom stereocenters. The molecule has 0 aromatic carbocycles. The number of ether oxygens (including phenoxy) is 1. The number of hydrogen-bond acceptors (Lipinski definition) is 3. The first-order valence-electron chi connectivity index (χ1n) is 5.73. The topological polar surface area (TPSA) is 41.6 Å². The number of nitrogens with zero attached hydrogens (tertiary/aromatic N) is 1. The molecule has 1 aliphatic rings. The Bertz CT molecular complexity index is 208. The van der Waals surface area contributed by atoms with E-state index in [9.17, 15) is 4.79 Å². The van der Waals surface area contributed by atoms with Gasteiger partial charge in [-0.3, -0.25) is 4.79 Å². The zero-order valence-corrected chi connectivity index (χ0v) is 11.2. The van der Waals surface area contributed by atoms with Gasteiger partial charge >= 0.3 is 0 Å². The van der Waals surface area contributed by atoms with E-state index in [0.29, 0.717) is 5.92 Å². The van der Waals surface area contributed by atoms with Crippen molar-refractivity contribution < 1.29 is 9.53 Å². The number of rotatable bonds is 6. The lowest BCUT2D eigenvalue weighted by Crippen LogP contribution is -2.50. The van der Waals surface area contributed by atoms with Crippen molar-refractivity contribution >= 4 is 18.3 Å². The minimum atomic E-state index is 0. The number of amides is 1. The van der Waals surface area contributed by atoms with Crippen LogP contribution in [0, 0.1) is 5.92 Å². The molecule has 5 heteroatoms. The third-order valence-electron chi connectivity index (χ3n) is 2.51. The van der Waals surface area contributed by atoms with Crippen LogP contribution in [0.2, 0.25) is 0 Å². The highest BCUT2D eigenvalue weighted by molar-refractivity contribution is 5.85. The molecule has 1 amide bonds. The van der Waals surface area contributed by atoms with E-state index in [1.165, 1.54) is 0 Å². The van der Waals surface area contributed by atoms with E-state index in [0.717, 1.165) is 26.2 Å². The van der Waals surface area contributed by atoms with Gasteiger partial charge < -0.3 is 15.0 Å². The fraction of sp³-hybridized carbons (Fsp3) is 0.909. The molecule has 1 heterocycles. The van der Waals surface area contributed by atoms with E-state index < -0.39 is 0 Å². The maximum Gasteiger partial charge on any atom is 0.248 e. The summed E-state index contributed by atoms with van der Waals surface area (Å²) in [5, 5.41) is 3.11. The molecular weight excluding hydrogens is 228 g/mol. The number of carbonyl (C=O) groups excluding carboxylic acids is 1. The second kappa shape index (κ2) is 7.87. The van der Waals surface area contributed by atoms with Crippen molar-refractivity contribution in [3.63, 3.8) is 0 Å². The first-order valence-corrected chi connectivity index (χ1v) is 5.73. The average molecular weight is 251 g/mol. The molecule has 0 bridgehead atoms. The van der Waals surface area contributed by atoms with Gasteiger partial charge in [-0.05, 0) is 12.8 Å². The predicted octanol–water partition coefficient (Wildman–Crippen LogP) is 0.901. The Morgan fingerprint density at radius 1 is 1.50 bits per heavy atom. The Labute approximate surface area is 104 Å². The zero-order valence-electron chi connectivity index (χ0n) is 10.4. The molecule has 1 N–H and O–H groups in total. The van der Waals surface area contributed by atoms with Crippen molar-refractivity contribution in [3.05, 3.63) is 0 Å². The Hall–Kier alpha value is -0.320. The summed E-state index contributed by atoms with van der Waals surface area (Å²) in [5.74, 6) is 0.623. The van der Waals surface area contributed by atoms with Gasteiger partial charge in [-0.2, -0.15) is 0 Å². The van der Waals surface area contributed by atoms with Crippen LogP contribution < -0.4 is 5.32 Å². The van der Waals surface area contributed by atoms with Gasteiger partial charge in [0.05, 0.1) is 6.10 Å². The van der Waals surface area contributed by atoms with Gasteiger partial charge in [0.25, 0.3) is 0 Å². The number of carbonyl (C=O) groups is 1. The lowest BCUT2D eigenvalue weighted by Gasteiger charge is -2.29. The largest absolute Gasteiger partial charge is 0.366 e. The van der Waals surface area contributed by atoms with E-state index >= 15 is 0 Å². The first-order chi connectivity index (χ1) is 7.13. The van der Waals surface area contributed by atoms with Crippen LogP contribution in [0.25, 0.3) is 0 Å². The van der Waals surface area contributed by atoms with Gasteiger partial charge in [0, 0.05) is 26.2 Å². The molecule has 1 saturated heterocycles. The Kier molecular flexibility index (Phi) is 7.72. The number of halogens is 1. The molecule has 0 aliphatic carbocycles. The molecule has 0 spiro atoms. The van der Waals surface area contributed by atoms with Crippen LogP contribution in [0.5, 0.6) is 0 Å². The molecule has 1 rings (SSSR count). The quantitative estimate of drug-likeness (QED) is 0.762. The molecule has 0 aromatic heterocycles. The second-order valence-electron chi connectivity index (χ2n) is 4.42. The van der Waals surface area contributed by atoms with E-state index in [2.05, 4.69) is 19.2 Å². The van der Waals surface area contributed by atoms with E-state index in [1.807, 2.05) is 11.8 Å². The first kappa shape index (κ1) is 15.7. The molecule has 0 aromatic rings. The Balaban J connectivity index is 0.00000225. The molecule has 0 radical (unpaired) electrons. The second-order valence-corrected chi connectivity index (χ2v) is 4.42. The van der Waals surface area contributed by atoms with Crippen molar-refractivity contribution in [2.45, 2.75) is 26.9 Å². The molecular formula is C11H23ClN2O2. The smallest absolute Gasteiger partial charge is 0.248 e. The standard InChI is InChI=1S/C11H22N2O2.ClH/c1-4-13(7-9(2)3)11(14)8-15-10-5-12-6-10;/h9-10,12H,4-8H2,1-3H3;1H. The average Bonchev–Trinajstić information content (AvgIpc) is 2.11. The van der Waals surface area contributed by atoms with Crippen molar-refractivity contribution in [2.75, 3.05) is 32.8 Å². The highest BCUT2D eigenvalue weighted by atomic mass is 35.5. The van der Waals surface area contributed by atoms with Crippen molar-refractivity contribution in [1.82, 2.24) is 10.2 Å². The molecule has 96 valence electrons. The summed E-state index contributed by atoms with van der Waals surface area (Å²) < 4.78 is 5.45. The third kappa shape index (κ3) is 5.14. The van der Waals surface area contributed by atoms with E-state index in [1.54, 1.807) is 0 Å². The molecule has 1 aliphatic heterocycles. The van der Waals surface area contributed by atoms with Crippen LogP contribution in [-0.2, 0) is 9.53 Å². The monoisotopic (exact) mass is 250 g/mol. The zero-order chi connectivity index (χ0) is 11.3. The van der Waals surface area contributed by atoms with Crippen molar-refractivity contribution in [2.24, 2.45) is 5.92 Å². The van der Waals surface area contributed by atoms with Gasteiger partial charge in [-0.1, -0.05) is 13.8 Å². The van der Waals surface area contributed by atoms with Gasteiger partial charge in [-0.15, -0.1) is 12.4 Å². The van der Waals surface area contributed by atoms with Crippen molar-refractivity contribution in [1.29, 1.82) is 0 Å². The molecule has 1 fully saturated rings. The van der Waals surface area contributed by atoms with Gasteiger partial charge in [0.1, 0.15) is 6.61 Å². The maximum atomic E-state index is 11.7. The summed E-state index contributed by atoms with van der Waals surface area (Å²) in [7, 11) is 0. The van der Waals surface area contributed by atoms with E-state index in [-0.39, 0.29) is 31.0 Å². The minimum absolute atomic E-state index is 0. The molecule has 0 saturated carbocycles. The third-order valence-corrected chi connectivity index (χ3v) is 2.51. The summed E-state index contributed by atoms with van der Waals surface area (Å²) >= 11 is 0. The van der Waals surface area contributed by atoms with Gasteiger partial charge in [0.15, 0.2) is 0 Å². The van der Waals surface area contributed by atoms with Crippen molar-refractivity contribution in [3.8, 4) is 0 Å². The van der Waals surface area contributed by atoms with Crippen LogP contribution in [0.3, 0.4) is 0 Å². The molecule has 0 unspecified atom stereocenters. The maximum absolute atomic E-state index is 11.7. The fourth-order valence-electron chi connectivity index (χ4n) is 1.51. The van der Waals surface area contributed by atoms with Crippen LogP contribution in [-0.4, -0.2) is 49.7 Å². The summed E-state index contributed by atoms with van der Waals surface area (Å²) in [4.78, 5) is 13.6. The normalized spacial score (nSPS) is 15.5. The highest BCUT2D eigenvalue weighted by Gasteiger charge is 2.20. The Morgan fingerprint density at radius 2 is 2.12 bits per heavy atom. The number of likely N-dealkylation sites (N-methyl/N-ethyl adjacent to an activating group) is 1. The lowest BCUT2D eigenvalue weighted by atomic mass is 10.2. The minimum Gasteiger partial charge on any atom is -0.366 e. The van der Waals surface area contributed by atoms with Crippen LogP contribution >= 0.6 is 12.4 Å².